The van der Waals surface area contributed by atoms with Gasteiger partial charge >= 0.3 is 0 Å². The van der Waals surface area contributed by atoms with Crippen molar-refractivity contribution < 1.29 is 0 Å². The van der Waals surface area contributed by atoms with Crippen molar-refractivity contribution in [3.05, 3.63) is 11.6 Å². The van der Waals surface area contributed by atoms with Crippen molar-refractivity contribution in [3.8, 4) is 0 Å². The van der Waals surface area contributed by atoms with Crippen LogP contribution in [-0.4, -0.2) is 20.8 Å². The number of rotatable bonds is 1. The second-order valence-corrected chi connectivity index (χ2v) is 4.85. The number of nitrogens with two attached hydrogens (primary N) is 1. The molecule has 2 N–H and O–H groups in total. The lowest BCUT2D eigenvalue weighted by Crippen LogP contribution is -2.17. The molecular formula is C11H18N4. The van der Waals surface area contributed by atoms with Crippen LogP contribution in [0.5, 0.6) is 0 Å². The third-order valence-electron chi connectivity index (χ3n) is 3.73. The van der Waals surface area contributed by atoms with E-state index in [1.54, 1.807) is 0 Å². The fourth-order valence-corrected chi connectivity index (χ4v) is 2.88. The van der Waals surface area contributed by atoms with Crippen LogP contribution in [0, 0.1) is 0 Å². The van der Waals surface area contributed by atoms with Crippen molar-refractivity contribution >= 4 is 0 Å². The first-order chi connectivity index (χ1) is 7.34. The highest BCUT2D eigenvalue weighted by Gasteiger charge is 2.28. The molecule has 4 heteroatoms. The maximum atomic E-state index is 5.95. The first kappa shape index (κ1) is 9.33. The molecule has 1 aliphatic carbocycles. The number of aryl methyl sites for hydroxylation is 1. The molecule has 1 fully saturated rings. The lowest BCUT2D eigenvalue weighted by Gasteiger charge is -2.17. The Morgan fingerprint density at radius 2 is 2.13 bits per heavy atom. The van der Waals surface area contributed by atoms with Crippen LogP contribution in [0.25, 0.3) is 0 Å². The number of fused-ring (bicyclic) bond motifs is 1. The van der Waals surface area contributed by atoms with Crippen molar-refractivity contribution in [2.45, 2.75) is 57.0 Å². The Balaban J connectivity index is 1.88. The maximum absolute atomic E-state index is 5.95. The minimum absolute atomic E-state index is 0.381. The Hall–Kier alpha value is -0.900. The van der Waals surface area contributed by atoms with E-state index in [1.165, 1.54) is 30.9 Å². The van der Waals surface area contributed by atoms with E-state index in [9.17, 15) is 0 Å². The van der Waals surface area contributed by atoms with Crippen molar-refractivity contribution in [2.24, 2.45) is 5.73 Å². The average molecular weight is 206 g/mol. The molecule has 2 atom stereocenters. The molecule has 0 saturated heterocycles. The number of nitrogens with zero attached hydrogens (tertiary/aromatic N) is 3. The predicted molar refractivity (Wildman–Crippen MR) is 57.5 cm³/mol. The summed E-state index contributed by atoms with van der Waals surface area (Å²) in [6.07, 6.45) is 7.08. The highest BCUT2D eigenvalue weighted by molar-refractivity contribution is 5.07. The molecule has 1 aliphatic heterocycles. The van der Waals surface area contributed by atoms with Crippen LogP contribution in [0.4, 0.5) is 0 Å². The molecule has 3 rings (SSSR count). The van der Waals surface area contributed by atoms with Crippen molar-refractivity contribution in [2.75, 3.05) is 0 Å². The monoisotopic (exact) mass is 206 g/mol. The van der Waals surface area contributed by atoms with Gasteiger partial charge in [-0.1, -0.05) is 0 Å². The van der Waals surface area contributed by atoms with Crippen LogP contribution in [0.3, 0.4) is 0 Å². The molecule has 2 heterocycles. The summed E-state index contributed by atoms with van der Waals surface area (Å²) < 4.78 is 2.34. The Morgan fingerprint density at radius 3 is 2.93 bits per heavy atom. The van der Waals surface area contributed by atoms with Gasteiger partial charge in [0.1, 0.15) is 11.6 Å². The molecule has 0 spiro atoms. The molecule has 2 aliphatic rings. The second-order valence-electron chi connectivity index (χ2n) is 4.85. The van der Waals surface area contributed by atoms with E-state index in [0.29, 0.717) is 12.0 Å². The van der Waals surface area contributed by atoms with E-state index in [0.717, 1.165) is 25.8 Å². The van der Waals surface area contributed by atoms with Gasteiger partial charge in [-0.05, 0) is 32.1 Å². The molecule has 2 unspecified atom stereocenters. The molecule has 15 heavy (non-hydrogen) atoms. The standard InChI is InChI=1S/C11H18N4/c12-9-5-4-8(7-9)11-14-13-10-3-1-2-6-15(10)11/h8-9H,1-7,12H2. The minimum Gasteiger partial charge on any atom is -0.328 e. The highest BCUT2D eigenvalue weighted by atomic mass is 15.3. The van der Waals surface area contributed by atoms with Gasteiger partial charge in [-0.2, -0.15) is 0 Å². The molecule has 0 bridgehead atoms. The molecule has 1 aromatic rings. The largest absolute Gasteiger partial charge is 0.328 e. The van der Waals surface area contributed by atoms with Crippen LogP contribution in [0.15, 0.2) is 0 Å². The smallest absolute Gasteiger partial charge is 0.136 e. The minimum atomic E-state index is 0.381. The molecule has 0 amide bonds. The molecular weight excluding hydrogens is 188 g/mol. The van der Waals surface area contributed by atoms with E-state index >= 15 is 0 Å². The van der Waals surface area contributed by atoms with E-state index < -0.39 is 0 Å². The second kappa shape index (κ2) is 3.59. The quantitative estimate of drug-likeness (QED) is 0.751. The molecule has 82 valence electrons. The third-order valence-corrected chi connectivity index (χ3v) is 3.73. The molecule has 1 saturated carbocycles. The predicted octanol–water partition coefficient (Wildman–Crippen LogP) is 1.21. The molecule has 4 nitrogen and oxygen atoms in total. The highest BCUT2D eigenvalue weighted by Crippen LogP contribution is 2.33. The van der Waals surface area contributed by atoms with E-state index in [2.05, 4.69) is 14.8 Å². The summed E-state index contributed by atoms with van der Waals surface area (Å²) >= 11 is 0. The normalized spacial score (nSPS) is 30.5. The number of aromatic nitrogens is 3. The summed E-state index contributed by atoms with van der Waals surface area (Å²) in [5.41, 5.74) is 5.95. The van der Waals surface area contributed by atoms with Gasteiger partial charge in [-0.25, -0.2) is 0 Å². The summed E-state index contributed by atoms with van der Waals surface area (Å²) in [7, 11) is 0. The van der Waals surface area contributed by atoms with Crippen LogP contribution in [0.2, 0.25) is 0 Å². The van der Waals surface area contributed by atoms with Crippen LogP contribution < -0.4 is 5.73 Å². The summed E-state index contributed by atoms with van der Waals surface area (Å²) in [4.78, 5) is 0. The van der Waals surface area contributed by atoms with Gasteiger partial charge in [0.05, 0.1) is 0 Å². The van der Waals surface area contributed by atoms with E-state index in [-0.39, 0.29) is 0 Å². The fourth-order valence-electron chi connectivity index (χ4n) is 2.88. The molecule has 0 radical (unpaired) electrons. The summed E-state index contributed by atoms with van der Waals surface area (Å²) in [6, 6.07) is 0.381. The van der Waals surface area contributed by atoms with Crippen LogP contribution in [-0.2, 0) is 13.0 Å². The van der Waals surface area contributed by atoms with Crippen molar-refractivity contribution in [1.29, 1.82) is 0 Å². The van der Waals surface area contributed by atoms with Crippen molar-refractivity contribution in [1.82, 2.24) is 14.8 Å². The van der Waals surface area contributed by atoms with Gasteiger partial charge in [0.2, 0.25) is 0 Å². The third kappa shape index (κ3) is 1.57. The Kier molecular flexibility index (Phi) is 2.24. The summed E-state index contributed by atoms with van der Waals surface area (Å²) in [5.74, 6) is 2.97. The van der Waals surface area contributed by atoms with Gasteiger partial charge in [0.25, 0.3) is 0 Å². The zero-order valence-corrected chi connectivity index (χ0v) is 9.02. The Labute approximate surface area is 89.9 Å². The van der Waals surface area contributed by atoms with Gasteiger partial charge in [0, 0.05) is 24.9 Å². The van der Waals surface area contributed by atoms with Crippen LogP contribution in [0.1, 0.15) is 49.7 Å². The zero-order chi connectivity index (χ0) is 10.3. The summed E-state index contributed by atoms with van der Waals surface area (Å²) in [5, 5.41) is 8.67. The van der Waals surface area contributed by atoms with Gasteiger partial charge in [-0.15, -0.1) is 10.2 Å². The number of hydrogen-bond acceptors (Lipinski definition) is 3. The first-order valence-electron chi connectivity index (χ1n) is 6.02. The zero-order valence-electron chi connectivity index (χ0n) is 9.02. The average Bonchev–Trinajstić information content (AvgIpc) is 2.83. The van der Waals surface area contributed by atoms with E-state index in [4.69, 9.17) is 5.73 Å². The fraction of sp³-hybridized carbons (Fsp3) is 0.818. The SMILES string of the molecule is NC1CCC(c2nnc3n2CCCC3)C1. The summed E-state index contributed by atoms with van der Waals surface area (Å²) in [6.45, 7) is 1.11. The van der Waals surface area contributed by atoms with E-state index in [1.807, 2.05) is 0 Å². The number of hydrogen-bond donors (Lipinski definition) is 1. The lowest BCUT2D eigenvalue weighted by atomic mass is 10.1. The van der Waals surface area contributed by atoms with Crippen LogP contribution >= 0.6 is 0 Å². The van der Waals surface area contributed by atoms with Crippen molar-refractivity contribution in [3.63, 3.8) is 0 Å². The first-order valence-corrected chi connectivity index (χ1v) is 6.02. The van der Waals surface area contributed by atoms with Gasteiger partial charge in [0.15, 0.2) is 0 Å². The molecule has 1 aromatic heterocycles. The lowest BCUT2D eigenvalue weighted by molar-refractivity contribution is 0.488. The Morgan fingerprint density at radius 1 is 1.20 bits per heavy atom. The maximum Gasteiger partial charge on any atom is 0.136 e. The topological polar surface area (TPSA) is 56.7 Å². The molecule has 0 aromatic carbocycles. The Bertz CT molecular complexity index is 357. The van der Waals surface area contributed by atoms with Gasteiger partial charge in [-0.3, -0.25) is 0 Å². The van der Waals surface area contributed by atoms with Gasteiger partial charge < -0.3 is 10.3 Å².